The first kappa shape index (κ1) is 22.6. The Labute approximate surface area is 175 Å². The van der Waals surface area contributed by atoms with E-state index in [0.717, 1.165) is 0 Å². The van der Waals surface area contributed by atoms with Gasteiger partial charge in [-0.25, -0.2) is 0 Å². The van der Waals surface area contributed by atoms with Crippen LogP contribution in [-0.4, -0.2) is 69.6 Å². The highest BCUT2D eigenvalue weighted by atomic mass is 16.8. The fourth-order valence-electron chi connectivity index (χ4n) is 3.89. The Morgan fingerprint density at radius 1 is 1.13 bits per heavy atom. The molecule has 3 rings (SSSR count). The lowest BCUT2D eigenvalue weighted by Gasteiger charge is -2.31. The lowest BCUT2D eigenvalue weighted by atomic mass is 9.99. The van der Waals surface area contributed by atoms with Crippen molar-refractivity contribution in [3.05, 3.63) is 35.9 Å². The molecule has 1 amide bonds. The van der Waals surface area contributed by atoms with Gasteiger partial charge in [-0.05, 0) is 19.4 Å². The third-order valence-electron chi connectivity index (χ3n) is 5.21. The maximum atomic E-state index is 13.0. The minimum atomic E-state index is -0.848. The summed E-state index contributed by atoms with van der Waals surface area (Å²) < 4.78 is 33.5. The lowest BCUT2D eigenvalue weighted by Crippen LogP contribution is -2.52. The molecule has 2 saturated heterocycles. The second kappa shape index (κ2) is 9.40. The van der Waals surface area contributed by atoms with Gasteiger partial charge in [0, 0.05) is 14.2 Å². The Hall–Kier alpha value is -2.04. The van der Waals surface area contributed by atoms with Crippen molar-refractivity contribution in [3.8, 4) is 0 Å². The van der Waals surface area contributed by atoms with Gasteiger partial charge in [0.25, 0.3) is 5.91 Å². The average molecular weight is 423 g/mol. The highest BCUT2D eigenvalue weighted by Crippen LogP contribution is 2.40. The van der Waals surface area contributed by atoms with Crippen LogP contribution in [0.2, 0.25) is 0 Å². The van der Waals surface area contributed by atoms with Crippen LogP contribution in [0.4, 0.5) is 0 Å². The molecule has 1 N–H and O–H groups in total. The van der Waals surface area contributed by atoms with E-state index in [1.165, 1.54) is 21.3 Å². The molecule has 1 aromatic carbocycles. The predicted molar refractivity (Wildman–Crippen MR) is 104 cm³/mol. The first-order valence-electron chi connectivity index (χ1n) is 9.78. The zero-order valence-corrected chi connectivity index (χ0v) is 17.8. The standard InChI is InChI=1S/C21H29NO8/c1-21(2)29-18-17(27-5)16(28-20(18)30-21)13(11-14(23)25-3)22-19(24)15(26-4)12-9-7-6-8-10-12/h6-10,13,15-18,20H,11H2,1-5H3,(H,22,24)/t13-,15-,16-,17-,18-,20-/m1/s1. The maximum Gasteiger partial charge on any atom is 0.307 e. The van der Waals surface area contributed by atoms with Crippen LogP contribution >= 0.6 is 0 Å². The van der Waals surface area contributed by atoms with Crippen molar-refractivity contribution in [2.45, 2.75) is 62.8 Å². The minimum absolute atomic E-state index is 0.110. The van der Waals surface area contributed by atoms with Crippen molar-refractivity contribution in [1.29, 1.82) is 0 Å². The lowest BCUT2D eigenvalue weighted by molar-refractivity contribution is -0.220. The van der Waals surface area contributed by atoms with Crippen molar-refractivity contribution < 1.29 is 38.0 Å². The molecular weight excluding hydrogens is 394 g/mol. The monoisotopic (exact) mass is 423 g/mol. The number of hydrogen-bond donors (Lipinski definition) is 1. The second-order valence-electron chi connectivity index (χ2n) is 7.69. The highest BCUT2D eigenvalue weighted by Gasteiger charge is 2.57. The topological polar surface area (TPSA) is 102 Å². The molecule has 6 atom stereocenters. The number of nitrogens with one attached hydrogen (secondary N) is 1. The molecule has 0 spiro atoms. The number of benzene rings is 1. The molecule has 9 heteroatoms. The fraction of sp³-hybridized carbons (Fsp3) is 0.619. The van der Waals surface area contributed by atoms with E-state index in [9.17, 15) is 9.59 Å². The number of carbonyl (C=O) groups excluding carboxylic acids is 2. The van der Waals surface area contributed by atoms with E-state index >= 15 is 0 Å². The fourth-order valence-corrected chi connectivity index (χ4v) is 3.89. The van der Waals surface area contributed by atoms with Gasteiger partial charge in [-0.2, -0.15) is 0 Å². The third kappa shape index (κ3) is 4.81. The average Bonchev–Trinajstić information content (AvgIpc) is 3.19. The Bertz CT molecular complexity index is 740. The molecule has 0 aliphatic carbocycles. The van der Waals surface area contributed by atoms with Gasteiger partial charge in [0.1, 0.15) is 18.3 Å². The number of ether oxygens (including phenoxy) is 6. The van der Waals surface area contributed by atoms with E-state index in [2.05, 4.69) is 5.32 Å². The van der Waals surface area contributed by atoms with Crippen LogP contribution < -0.4 is 5.32 Å². The van der Waals surface area contributed by atoms with Gasteiger partial charge in [0.2, 0.25) is 0 Å². The van der Waals surface area contributed by atoms with Gasteiger partial charge < -0.3 is 33.7 Å². The summed E-state index contributed by atoms with van der Waals surface area (Å²) in [5.74, 6) is -1.71. The quantitative estimate of drug-likeness (QED) is 0.625. The molecule has 0 saturated carbocycles. The van der Waals surface area contributed by atoms with Crippen LogP contribution in [0.25, 0.3) is 0 Å². The Morgan fingerprint density at radius 2 is 1.83 bits per heavy atom. The molecule has 2 heterocycles. The normalized spacial score (nSPS) is 29.1. The number of hydrogen-bond acceptors (Lipinski definition) is 8. The first-order chi connectivity index (χ1) is 14.3. The molecule has 166 valence electrons. The number of amides is 1. The van der Waals surface area contributed by atoms with Gasteiger partial charge >= 0.3 is 5.97 Å². The number of esters is 1. The van der Waals surface area contributed by atoms with Crippen LogP contribution in [0.15, 0.2) is 30.3 Å². The second-order valence-corrected chi connectivity index (χ2v) is 7.69. The molecule has 0 bridgehead atoms. The summed E-state index contributed by atoms with van der Waals surface area (Å²) in [6, 6.07) is 8.34. The van der Waals surface area contributed by atoms with E-state index < -0.39 is 54.4 Å². The molecule has 2 aliphatic rings. The van der Waals surface area contributed by atoms with Gasteiger partial charge in [0.15, 0.2) is 18.2 Å². The maximum absolute atomic E-state index is 13.0. The summed E-state index contributed by atoms with van der Waals surface area (Å²) in [4.78, 5) is 25.1. The van der Waals surface area contributed by atoms with Crippen molar-refractivity contribution >= 4 is 11.9 Å². The first-order valence-corrected chi connectivity index (χ1v) is 9.78. The van der Waals surface area contributed by atoms with Crippen molar-refractivity contribution in [2.24, 2.45) is 0 Å². The Morgan fingerprint density at radius 3 is 2.43 bits per heavy atom. The number of carbonyl (C=O) groups is 2. The van der Waals surface area contributed by atoms with Crippen molar-refractivity contribution in [3.63, 3.8) is 0 Å². The van der Waals surface area contributed by atoms with Crippen LogP contribution in [0.3, 0.4) is 0 Å². The molecule has 30 heavy (non-hydrogen) atoms. The van der Waals surface area contributed by atoms with E-state index in [-0.39, 0.29) is 6.42 Å². The van der Waals surface area contributed by atoms with Gasteiger partial charge in [-0.1, -0.05) is 30.3 Å². The van der Waals surface area contributed by atoms with E-state index in [1.54, 1.807) is 26.0 Å². The molecule has 9 nitrogen and oxygen atoms in total. The van der Waals surface area contributed by atoms with E-state index in [1.807, 2.05) is 18.2 Å². The molecule has 0 unspecified atom stereocenters. The summed E-state index contributed by atoms with van der Waals surface area (Å²) in [5.41, 5.74) is 0.690. The molecule has 0 radical (unpaired) electrons. The molecular formula is C21H29NO8. The van der Waals surface area contributed by atoms with Crippen molar-refractivity contribution in [1.82, 2.24) is 5.32 Å². The zero-order chi connectivity index (χ0) is 21.9. The SMILES string of the molecule is COC(=O)C[C@@H](NC(=O)[C@H](OC)c1ccccc1)[C@H]1O[C@@H]2OC(C)(C)O[C@@H]2[C@@H]1OC. The smallest absolute Gasteiger partial charge is 0.307 e. The third-order valence-corrected chi connectivity index (χ3v) is 5.21. The Balaban J connectivity index is 1.79. The van der Waals surface area contributed by atoms with Crippen molar-refractivity contribution in [2.75, 3.05) is 21.3 Å². The summed E-state index contributed by atoms with van der Waals surface area (Å²) in [7, 11) is 4.26. The molecule has 2 fully saturated rings. The molecule has 2 aliphatic heterocycles. The predicted octanol–water partition coefficient (Wildman–Crippen LogP) is 1.31. The molecule has 1 aromatic rings. The van der Waals surface area contributed by atoms with Crippen LogP contribution in [0.5, 0.6) is 0 Å². The summed E-state index contributed by atoms with van der Waals surface area (Å²) in [5, 5.41) is 2.87. The summed E-state index contributed by atoms with van der Waals surface area (Å²) >= 11 is 0. The minimum Gasteiger partial charge on any atom is -0.469 e. The summed E-state index contributed by atoms with van der Waals surface area (Å²) in [6.45, 7) is 3.57. The zero-order valence-electron chi connectivity index (χ0n) is 17.8. The van der Waals surface area contributed by atoms with Gasteiger partial charge in [-0.3, -0.25) is 9.59 Å². The largest absolute Gasteiger partial charge is 0.469 e. The van der Waals surface area contributed by atoms with E-state index in [0.29, 0.717) is 5.56 Å². The number of fused-ring (bicyclic) bond motifs is 1. The van der Waals surface area contributed by atoms with Gasteiger partial charge in [0.05, 0.1) is 19.6 Å². The van der Waals surface area contributed by atoms with Crippen LogP contribution in [-0.2, 0) is 38.0 Å². The van der Waals surface area contributed by atoms with E-state index in [4.69, 9.17) is 28.4 Å². The summed E-state index contributed by atoms with van der Waals surface area (Å²) in [6.07, 6.45) is -3.35. The van der Waals surface area contributed by atoms with Gasteiger partial charge in [-0.15, -0.1) is 0 Å². The van der Waals surface area contributed by atoms with Crippen LogP contribution in [0.1, 0.15) is 31.9 Å². The van der Waals surface area contributed by atoms with Crippen LogP contribution in [0, 0.1) is 0 Å². The highest BCUT2D eigenvalue weighted by molar-refractivity contribution is 5.83. The Kier molecular flexibility index (Phi) is 7.10. The molecule has 0 aromatic heterocycles. The number of rotatable bonds is 8. The number of methoxy groups -OCH3 is 3.